The zero-order valence-corrected chi connectivity index (χ0v) is 12.9. The number of hydrogen-bond acceptors (Lipinski definition) is 3. The van der Waals surface area contributed by atoms with Crippen LogP contribution in [0.5, 0.6) is 0 Å². The van der Waals surface area contributed by atoms with Gasteiger partial charge in [-0.05, 0) is 34.1 Å². The number of ether oxygens (including phenoxy) is 1. The van der Waals surface area contributed by atoms with Gasteiger partial charge in [0.2, 0.25) is 0 Å². The molecule has 0 spiro atoms. The second-order valence-electron chi connectivity index (χ2n) is 6.28. The molecule has 2 atom stereocenters. The molecule has 0 radical (unpaired) electrons. The molecular formula is C13H20F6O3. The van der Waals surface area contributed by atoms with Crippen molar-refractivity contribution in [1.82, 2.24) is 0 Å². The van der Waals surface area contributed by atoms with Crippen molar-refractivity contribution in [3.05, 3.63) is 0 Å². The summed E-state index contributed by atoms with van der Waals surface area (Å²) in [4.78, 5) is 11.8. The first-order valence-corrected chi connectivity index (χ1v) is 6.49. The fraction of sp³-hybridized carbons (Fsp3) is 0.923. The summed E-state index contributed by atoms with van der Waals surface area (Å²) in [7, 11) is 0. The highest BCUT2D eigenvalue weighted by atomic mass is 19.4. The second kappa shape index (κ2) is 5.90. The fourth-order valence-electron chi connectivity index (χ4n) is 1.79. The highest BCUT2D eigenvalue weighted by molar-refractivity contribution is 5.77. The largest absolute Gasteiger partial charge is 0.459 e. The van der Waals surface area contributed by atoms with Crippen LogP contribution in [0, 0.1) is 5.41 Å². The first-order chi connectivity index (χ1) is 9.40. The van der Waals surface area contributed by atoms with Crippen LogP contribution in [0.25, 0.3) is 0 Å². The van der Waals surface area contributed by atoms with Crippen molar-refractivity contribution in [2.24, 2.45) is 5.41 Å². The average molecular weight is 338 g/mol. The van der Waals surface area contributed by atoms with Gasteiger partial charge in [-0.15, -0.1) is 0 Å². The van der Waals surface area contributed by atoms with Crippen LogP contribution in [0.2, 0.25) is 0 Å². The zero-order valence-electron chi connectivity index (χ0n) is 12.9. The molecule has 0 aromatic heterocycles. The maximum Gasteiger partial charge on any atom is 0.417 e. The molecule has 0 aromatic rings. The van der Waals surface area contributed by atoms with E-state index in [9.17, 15) is 36.2 Å². The van der Waals surface area contributed by atoms with E-state index in [0.29, 0.717) is 13.8 Å². The molecule has 0 saturated carbocycles. The van der Waals surface area contributed by atoms with E-state index < -0.39 is 47.8 Å². The molecular weight excluding hydrogens is 318 g/mol. The van der Waals surface area contributed by atoms with E-state index in [1.165, 1.54) is 0 Å². The standard InChI is InChI=1S/C13H20F6O3/c1-6-10(4,12(14,15)16)8(20)22-9(2,3)7-11(5,21)13(17,18)19/h21H,6-7H2,1-5H3. The van der Waals surface area contributed by atoms with E-state index >= 15 is 0 Å². The number of rotatable bonds is 5. The van der Waals surface area contributed by atoms with Crippen LogP contribution in [0.15, 0.2) is 0 Å². The molecule has 0 amide bonds. The van der Waals surface area contributed by atoms with Crippen molar-refractivity contribution in [1.29, 1.82) is 0 Å². The first-order valence-electron chi connectivity index (χ1n) is 6.49. The minimum atomic E-state index is -5.01. The minimum absolute atomic E-state index is 0.464. The molecule has 0 heterocycles. The molecule has 0 aromatic carbocycles. The lowest BCUT2D eigenvalue weighted by Gasteiger charge is -2.37. The topological polar surface area (TPSA) is 46.5 Å². The molecule has 0 aliphatic rings. The number of aliphatic hydroxyl groups is 1. The third-order valence-corrected chi connectivity index (χ3v) is 3.53. The lowest BCUT2D eigenvalue weighted by Crippen LogP contribution is -2.51. The van der Waals surface area contributed by atoms with Gasteiger partial charge in [-0.25, -0.2) is 0 Å². The average Bonchev–Trinajstić information content (AvgIpc) is 2.22. The van der Waals surface area contributed by atoms with Crippen molar-refractivity contribution in [3.63, 3.8) is 0 Å². The van der Waals surface area contributed by atoms with Gasteiger partial charge in [0, 0.05) is 6.42 Å². The van der Waals surface area contributed by atoms with Crippen LogP contribution in [0.3, 0.4) is 0 Å². The lowest BCUT2D eigenvalue weighted by atomic mass is 9.85. The number of alkyl halides is 6. The zero-order chi connectivity index (χ0) is 18.2. The van der Waals surface area contributed by atoms with E-state index in [1.807, 2.05) is 0 Å². The fourth-order valence-corrected chi connectivity index (χ4v) is 1.79. The Morgan fingerprint density at radius 2 is 1.36 bits per heavy atom. The van der Waals surface area contributed by atoms with Gasteiger partial charge in [0.15, 0.2) is 11.0 Å². The number of hydrogen-bond donors (Lipinski definition) is 1. The molecule has 2 unspecified atom stereocenters. The number of halogens is 6. The summed E-state index contributed by atoms with van der Waals surface area (Å²) in [6.45, 7) is 4.22. The normalized spacial score (nSPS) is 19.3. The Morgan fingerprint density at radius 1 is 0.955 bits per heavy atom. The summed E-state index contributed by atoms with van der Waals surface area (Å²) in [6.07, 6.45) is -11.6. The Bertz CT molecular complexity index is 411. The van der Waals surface area contributed by atoms with Crippen LogP contribution >= 0.6 is 0 Å². The van der Waals surface area contributed by atoms with Crippen molar-refractivity contribution >= 4 is 5.97 Å². The third-order valence-electron chi connectivity index (χ3n) is 3.53. The third kappa shape index (κ3) is 4.50. The summed E-state index contributed by atoms with van der Waals surface area (Å²) in [6, 6.07) is 0. The van der Waals surface area contributed by atoms with Crippen molar-refractivity contribution < 1.29 is 41.0 Å². The van der Waals surface area contributed by atoms with E-state index in [4.69, 9.17) is 0 Å². The van der Waals surface area contributed by atoms with Crippen LogP contribution < -0.4 is 0 Å². The number of carbonyl (C=O) groups excluding carboxylic acids is 1. The van der Waals surface area contributed by atoms with E-state index in [1.54, 1.807) is 0 Å². The number of carbonyl (C=O) groups is 1. The molecule has 0 saturated heterocycles. The van der Waals surface area contributed by atoms with Gasteiger partial charge in [-0.3, -0.25) is 4.79 Å². The summed E-state index contributed by atoms with van der Waals surface area (Å²) >= 11 is 0. The highest BCUT2D eigenvalue weighted by Gasteiger charge is 2.58. The second-order valence-corrected chi connectivity index (χ2v) is 6.28. The van der Waals surface area contributed by atoms with E-state index in [2.05, 4.69) is 4.74 Å². The first kappa shape index (κ1) is 21.0. The van der Waals surface area contributed by atoms with Crippen molar-refractivity contribution in [2.45, 2.75) is 71.0 Å². The predicted molar refractivity (Wildman–Crippen MR) is 65.9 cm³/mol. The van der Waals surface area contributed by atoms with Gasteiger partial charge >= 0.3 is 18.3 Å². The Hall–Kier alpha value is -0.990. The van der Waals surface area contributed by atoms with Crippen LogP contribution in [-0.2, 0) is 9.53 Å². The van der Waals surface area contributed by atoms with Crippen molar-refractivity contribution in [2.75, 3.05) is 0 Å². The van der Waals surface area contributed by atoms with Gasteiger partial charge < -0.3 is 9.84 Å². The molecule has 0 rings (SSSR count). The Morgan fingerprint density at radius 3 is 1.64 bits per heavy atom. The van der Waals surface area contributed by atoms with Crippen LogP contribution in [0.1, 0.15) is 47.5 Å². The summed E-state index contributed by atoms with van der Waals surface area (Å²) in [5.41, 5.74) is -7.95. The Kier molecular flexibility index (Phi) is 5.63. The van der Waals surface area contributed by atoms with Crippen LogP contribution in [-0.4, -0.2) is 34.6 Å². The quantitative estimate of drug-likeness (QED) is 0.609. The maximum atomic E-state index is 12.9. The van der Waals surface area contributed by atoms with Gasteiger partial charge in [0.1, 0.15) is 5.60 Å². The summed E-state index contributed by atoms with van der Waals surface area (Å²) < 4.78 is 81.3. The Labute approximate surface area is 124 Å². The molecule has 1 N–H and O–H groups in total. The molecule has 0 fully saturated rings. The van der Waals surface area contributed by atoms with E-state index in [-0.39, 0.29) is 0 Å². The lowest BCUT2D eigenvalue weighted by molar-refractivity contribution is -0.271. The van der Waals surface area contributed by atoms with E-state index in [0.717, 1.165) is 20.8 Å². The SMILES string of the molecule is CCC(C)(C(=O)OC(C)(C)CC(C)(O)C(F)(F)F)C(F)(F)F. The summed E-state index contributed by atoms with van der Waals surface area (Å²) in [5, 5.41) is 9.38. The maximum absolute atomic E-state index is 12.9. The molecule has 132 valence electrons. The highest BCUT2D eigenvalue weighted by Crippen LogP contribution is 2.44. The predicted octanol–water partition coefficient (Wildman–Crippen LogP) is 3.99. The van der Waals surface area contributed by atoms with Crippen molar-refractivity contribution in [3.8, 4) is 0 Å². The van der Waals surface area contributed by atoms with Gasteiger partial charge in [0.25, 0.3) is 0 Å². The molecule has 0 bridgehead atoms. The molecule has 0 aliphatic carbocycles. The monoisotopic (exact) mass is 338 g/mol. The van der Waals surface area contributed by atoms with Gasteiger partial charge in [0.05, 0.1) is 0 Å². The molecule has 22 heavy (non-hydrogen) atoms. The minimum Gasteiger partial charge on any atom is -0.459 e. The van der Waals surface area contributed by atoms with Gasteiger partial charge in [-0.2, -0.15) is 26.3 Å². The Balaban J connectivity index is 5.26. The molecule has 0 aliphatic heterocycles. The molecule has 3 nitrogen and oxygen atoms in total. The smallest absolute Gasteiger partial charge is 0.417 e. The van der Waals surface area contributed by atoms with Crippen LogP contribution in [0.4, 0.5) is 26.3 Å². The molecule has 9 heteroatoms. The number of esters is 1. The summed E-state index contributed by atoms with van der Waals surface area (Å²) in [5.74, 6) is -1.68. The van der Waals surface area contributed by atoms with Gasteiger partial charge in [-0.1, -0.05) is 6.92 Å².